The smallest absolute Gasteiger partial charge is 0.148 e. The second-order valence-corrected chi connectivity index (χ2v) is 4.11. The predicted octanol–water partition coefficient (Wildman–Crippen LogP) is 2.87. The lowest BCUT2D eigenvalue weighted by molar-refractivity contribution is 0.554. The molecule has 1 rings (SSSR count). The minimum atomic E-state index is -0.534. The van der Waals surface area contributed by atoms with Crippen molar-refractivity contribution in [1.82, 2.24) is 0 Å². The van der Waals surface area contributed by atoms with E-state index < -0.39 is 11.9 Å². The Balaban J connectivity index is 2.96. The lowest BCUT2D eigenvalue weighted by Gasteiger charge is -2.14. The SMILES string of the molecule is NCCC[C@H](N)c1c(Cl)ccc(Cl)c1F. The van der Waals surface area contributed by atoms with Crippen molar-refractivity contribution in [3.05, 3.63) is 33.6 Å². The second-order valence-electron chi connectivity index (χ2n) is 3.29. The topological polar surface area (TPSA) is 52.0 Å². The van der Waals surface area contributed by atoms with Crippen LogP contribution in [0.2, 0.25) is 10.0 Å². The monoisotopic (exact) mass is 250 g/mol. The van der Waals surface area contributed by atoms with E-state index in [4.69, 9.17) is 34.7 Å². The predicted molar refractivity (Wildman–Crippen MR) is 61.6 cm³/mol. The molecule has 0 aromatic heterocycles. The zero-order chi connectivity index (χ0) is 11.4. The third-order valence-electron chi connectivity index (χ3n) is 2.17. The fourth-order valence-electron chi connectivity index (χ4n) is 1.36. The normalized spacial score (nSPS) is 12.9. The molecule has 0 unspecified atom stereocenters. The van der Waals surface area contributed by atoms with Crippen LogP contribution in [0.15, 0.2) is 12.1 Å². The van der Waals surface area contributed by atoms with E-state index in [1.165, 1.54) is 6.07 Å². The third kappa shape index (κ3) is 3.05. The summed E-state index contributed by atoms with van der Waals surface area (Å²) in [6, 6.07) is 2.50. The largest absolute Gasteiger partial charge is 0.330 e. The van der Waals surface area contributed by atoms with Gasteiger partial charge in [-0.1, -0.05) is 23.2 Å². The lowest BCUT2D eigenvalue weighted by atomic mass is 10.0. The van der Waals surface area contributed by atoms with Gasteiger partial charge in [-0.25, -0.2) is 4.39 Å². The fourth-order valence-corrected chi connectivity index (χ4v) is 1.82. The lowest BCUT2D eigenvalue weighted by Crippen LogP contribution is -2.14. The van der Waals surface area contributed by atoms with E-state index in [2.05, 4.69) is 0 Å². The summed E-state index contributed by atoms with van der Waals surface area (Å²) in [6.07, 6.45) is 1.32. The molecular weight excluding hydrogens is 238 g/mol. The molecular formula is C10H13Cl2FN2. The summed E-state index contributed by atoms with van der Waals surface area (Å²) in [5.74, 6) is -0.534. The maximum Gasteiger partial charge on any atom is 0.148 e. The Morgan fingerprint density at radius 1 is 1.27 bits per heavy atom. The van der Waals surface area contributed by atoms with Crippen LogP contribution >= 0.6 is 23.2 Å². The summed E-state index contributed by atoms with van der Waals surface area (Å²) in [6.45, 7) is 0.521. The summed E-state index contributed by atoms with van der Waals surface area (Å²) in [5.41, 5.74) is 11.4. The van der Waals surface area contributed by atoms with Crippen molar-refractivity contribution in [2.24, 2.45) is 11.5 Å². The Morgan fingerprint density at radius 2 is 1.87 bits per heavy atom. The Labute approximate surface area is 98.3 Å². The van der Waals surface area contributed by atoms with E-state index in [1.807, 2.05) is 0 Å². The van der Waals surface area contributed by atoms with Crippen molar-refractivity contribution in [2.45, 2.75) is 18.9 Å². The van der Waals surface area contributed by atoms with E-state index in [1.54, 1.807) is 6.07 Å². The van der Waals surface area contributed by atoms with E-state index in [0.717, 1.165) is 6.42 Å². The van der Waals surface area contributed by atoms with Gasteiger partial charge >= 0.3 is 0 Å². The first kappa shape index (κ1) is 12.7. The Hall–Kier alpha value is -0.350. The third-order valence-corrected chi connectivity index (χ3v) is 2.79. The maximum atomic E-state index is 13.6. The van der Waals surface area contributed by atoms with Gasteiger partial charge in [0.1, 0.15) is 5.82 Å². The number of hydrogen-bond donors (Lipinski definition) is 2. The molecule has 84 valence electrons. The molecule has 0 aliphatic rings. The number of rotatable bonds is 4. The molecule has 1 atom stereocenters. The molecule has 1 aromatic carbocycles. The summed E-state index contributed by atoms with van der Waals surface area (Å²) in [4.78, 5) is 0. The first-order chi connectivity index (χ1) is 7.07. The highest BCUT2D eigenvalue weighted by molar-refractivity contribution is 6.33. The quantitative estimate of drug-likeness (QED) is 0.808. The maximum absolute atomic E-state index is 13.6. The summed E-state index contributed by atoms with van der Waals surface area (Å²) < 4.78 is 13.6. The molecule has 0 saturated carbocycles. The average Bonchev–Trinajstić information content (AvgIpc) is 2.21. The van der Waals surface area contributed by atoms with Crippen LogP contribution in [0.3, 0.4) is 0 Å². The molecule has 0 fully saturated rings. The molecule has 0 spiro atoms. The Morgan fingerprint density at radius 3 is 2.47 bits per heavy atom. The van der Waals surface area contributed by atoms with Crippen molar-refractivity contribution in [3.63, 3.8) is 0 Å². The second kappa shape index (κ2) is 5.66. The zero-order valence-corrected chi connectivity index (χ0v) is 9.65. The van der Waals surface area contributed by atoms with Crippen LogP contribution in [0.25, 0.3) is 0 Å². The molecule has 1 aromatic rings. The Kier molecular flexibility index (Phi) is 4.80. The van der Waals surface area contributed by atoms with Crippen LogP contribution in [0.4, 0.5) is 4.39 Å². The number of hydrogen-bond acceptors (Lipinski definition) is 2. The first-order valence-corrected chi connectivity index (χ1v) is 5.42. The molecule has 2 nitrogen and oxygen atoms in total. The minimum absolute atomic E-state index is 0.0394. The van der Waals surface area contributed by atoms with Crippen LogP contribution in [0.5, 0.6) is 0 Å². The highest BCUT2D eigenvalue weighted by Crippen LogP contribution is 2.31. The van der Waals surface area contributed by atoms with Crippen LogP contribution in [-0.4, -0.2) is 6.54 Å². The highest BCUT2D eigenvalue weighted by Gasteiger charge is 2.17. The Bertz CT molecular complexity index is 344. The number of halogens is 3. The fraction of sp³-hybridized carbons (Fsp3) is 0.400. The molecule has 0 aliphatic carbocycles. The van der Waals surface area contributed by atoms with E-state index >= 15 is 0 Å². The van der Waals surface area contributed by atoms with Gasteiger partial charge in [-0.3, -0.25) is 0 Å². The molecule has 0 heterocycles. The van der Waals surface area contributed by atoms with E-state index in [0.29, 0.717) is 18.0 Å². The van der Waals surface area contributed by atoms with Crippen molar-refractivity contribution >= 4 is 23.2 Å². The zero-order valence-electron chi connectivity index (χ0n) is 8.14. The van der Waals surface area contributed by atoms with Gasteiger partial charge in [-0.05, 0) is 31.5 Å². The van der Waals surface area contributed by atoms with Gasteiger partial charge in [0.15, 0.2) is 0 Å². The molecule has 15 heavy (non-hydrogen) atoms. The van der Waals surface area contributed by atoms with Crippen molar-refractivity contribution in [3.8, 4) is 0 Å². The molecule has 0 aliphatic heterocycles. The first-order valence-electron chi connectivity index (χ1n) is 4.67. The number of nitrogens with two attached hydrogens (primary N) is 2. The molecule has 5 heteroatoms. The molecule has 0 saturated heterocycles. The van der Waals surface area contributed by atoms with Crippen LogP contribution < -0.4 is 11.5 Å². The van der Waals surface area contributed by atoms with Crippen LogP contribution in [-0.2, 0) is 0 Å². The van der Waals surface area contributed by atoms with Gasteiger partial charge in [0.25, 0.3) is 0 Å². The number of benzene rings is 1. The van der Waals surface area contributed by atoms with Crippen molar-refractivity contribution in [1.29, 1.82) is 0 Å². The van der Waals surface area contributed by atoms with Gasteiger partial charge < -0.3 is 11.5 Å². The summed E-state index contributed by atoms with van der Waals surface area (Å²) >= 11 is 11.5. The summed E-state index contributed by atoms with van der Waals surface area (Å²) in [5, 5.41) is 0.346. The van der Waals surface area contributed by atoms with Crippen LogP contribution in [0, 0.1) is 5.82 Å². The standard InChI is InChI=1S/C10H13Cl2FN2/c11-6-3-4-7(12)10(13)9(6)8(15)2-1-5-14/h3-4,8H,1-2,5,14-15H2/t8-/m0/s1. The van der Waals surface area contributed by atoms with Crippen molar-refractivity contribution < 1.29 is 4.39 Å². The molecule has 0 bridgehead atoms. The molecule has 0 radical (unpaired) electrons. The van der Waals surface area contributed by atoms with E-state index in [9.17, 15) is 4.39 Å². The van der Waals surface area contributed by atoms with Gasteiger partial charge in [0, 0.05) is 16.6 Å². The molecule has 0 amide bonds. The van der Waals surface area contributed by atoms with Crippen molar-refractivity contribution in [2.75, 3.05) is 6.54 Å². The van der Waals surface area contributed by atoms with Crippen LogP contribution in [0.1, 0.15) is 24.4 Å². The van der Waals surface area contributed by atoms with E-state index in [-0.39, 0.29) is 10.6 Å². The summed E-state index contributed by atoms with van der Waals surface area (Å²) in [7, 11) is 0. The van der Waals surface area contributed by atoms with Gasteiger partial charge in [-0.2, -0.15) is 0 Å². The average molecular weight is 251 g/mol. The van der Waals surface area contributed by atoms with Gasteiger partial charge in [0.05, 0.1) is 5.02 Å². The minimum Gasteiger partial charge on any atom is -0.330 e. The van der Waals surface area contributed by atoms with Gasteiger partial charge in [-0.15, -0.1) is 0 Å². The molecule has 4 N–H and O–H groups in total. The highest BCUT2D eigenvalue weighted by atomic mass is 35.5. The van der Waals surface area contributed by atoms with Gasteiger partial charge in [0.2, 0.25) is 0 Å².